The second-order valence-corrected chi connectivity index (χ2v) is 8.05. The molecule has 1 N–H and O–H groups in total. The zero-order chi connectivity index (χ0) is 20.1. The summed E-state index contributed by atoms with van der Waals surface area (Å²) < 4.78 is 10.5. The lowest BCUT2D eigenvalue weighted by Gasteiger charge is -2.30. The molecule has 7 heteroatoms. The van der Waals surface area contributed by atoms with Crippen molar-refractivity contribution in [2.75, 3.05) is 7.11 Å². The maximum absolute atomic E-state index is 12.4. The van der Waals surface area contributed by atoms with E-state index in [1.165, 1.54) is 17.8 Å². The predicted octanol–water partition coefficient (Wildman–Crippen LogP) is 4.06. The number of benzene rings is 1. The maximum atomic E-state index is 12.4. The van der Waals surface area contributed by atoms with Gasteiger partial charge in [-0.1, -0.05) is 19.8 Å². The van der Waals surface area contributed by atoms with Gasteiger partial charge in [-0.15, -0.1) is 11.3 Å². The standard InChI is InChI=1S/C21H26N2O4S/c1-13-6-4-5-7-17(13)22-19(24)14(2)27-21(25)18-12-28-20(23-18)15-8-10-16(26-3)11-9-15/h8-14,17H,4-7H2,1-3H3,(H,22,24)/t13-,14+,17-/m0/s1. The number of rotatable bonds is 6. The summed E-state index contributed by atoms with van der Waals surface area (Å²) in [7, 11) is 1.61. The van der Waals surface area contributed by atoms with Crippen molar-refractivity contribution >= 4 is 23.2 Å². The predicted molar refractivity (Wildman–Crippen MR) is 109 cm³/mol. The van der Waals surface area contributed by atoms with E-state index in [2.05, 4.69) is 17.2 Å². The van der Waals surface area contributed by atoms with Gasteiger partial charge in [-0.2, -0.15) is 0 Å². The summed E-state index contributed by atoms with van der Waals surface area (Å²) in [5, 5.41) is 5.38. The second-order valence-electron chi connectivity index (χ2n) is 7.19. The molecule has 1 aromatic carbocycles. The highest BCUT2D eigenvalue weighted by Crippen LogP contribution is 2.26. The SMILES string of the molecule is COc1ccc(-c2nc(C(=O)O[C@H](C)C(=O)N[C@H]3CCCC[C@@H]3C)cs2)cc1. The van der Waals surface area contributed by atoms with E-state index in [1.54, 1.807) is 19.4 Å². The third-order valence-electron chi connectivity index (χ3n) is 5.14. The minimum Gasteiger partial charge on any atom is -0.497 e. The Bertz CT molecular complexity index is 818. The molecule has 0 aliphatic heterocycles. The van der Waals surface area contributed by atoms with Crippen LogP contribution in [0.2, 0.25) is 0 Å². The van der Waals surface area contributed by atoms with Crippen LogP contribution in [0.5, 0.6) is 5.75 Å². The van der Waals surface area contributed by atoms with E-state index in [-0.39, 0.29) is 17.6 Å². The molecule has 0 spiro atoms. The number of nitrogens with one attached hydrogen (secondary N) is 1. The van der Waals surface area contributed by atoms with Crippen molar-refractivity contribution in [3.63, 3.8) is 0 Å². The third-order valence-corrected chi connectivity index (χ3v) is 6.03. The summed E-state index contributed by atoms with van der Waals surface area (Å²) >= 11 is 1.36. The van der Waals surface area contributed by atoms with Crippen LogP contribution in [0.25, 0.3) is 10.6 Å². The highest BCUT2D eigenvalue weighted by atomic mass is 32.1. The van der Waals surface area contributed by atoms with E-state index in [9.17, 15) is 9.59 Å². The number of hydrogen-bond donors (Lipinski definition) is 1. The Labute approximate surface area is 169 Å². The normalized spacial score (nSPS) is 20.2. The smallest absolute Gasteiger partial charge is 0.358 e. The van der Waals surface area contributed by atoms with E-state index in [0.29, 0.717) is 10.9 Å². The summed E-state index contributed by atoms with van der Waals surface area (Å²) in [4.78, 5) is 29.1. The summed E-state index contributed by atoms with van der Waals surface area (Å²) in [6, 6.07) is 7.60. The average Bonchev–Trinajstić information content (AvgIpc) is 3.20. The molecule has 0 bridgehead atoms. The van der Waals surface area contributed by atoms with Crippen molar-refractivity contribution in [1.29, 1.82) is 0 Å². The number of nitrogens with zero attached hydrogens (tertiary/aromatic N) is 1. The van der Waals surface area contributed by atoms with Crippen LogP contribution in [-0.4, -0.2) is 36.1 Å². The molecule has 2 aromatic rings. The van der Waals surface area contributed by atoms with Gasteiger partial charge >= 0.3 is 5.97 Å². The number of thiazole rings is 1. The van der Waals surface area contributed by atoms with Crippen molar-refractivity contribution < 1.29 is 19.1 Å². The first kappa shape index (κ1) is 20.3. The first-order valence-electron chi connectivity index (χ1n) is 9.59. The number of carbonyl (C=O) groups is 2. The zero-order valence-corrected chi connectivity index (χ0v) is 17.3. The van der Waals surface area contributed by atoms with E-state index in [0.717, 1.165) is 30.6 Å². The first-order chi connectivity index (χ1) is 13.5. The summed E-state index contributed by atoms with van der Waals surface area (Å²) in [6.45, 7) is 3.74. The molecule has 0 unspecified atom stereocenters. The van der Waals surface area contributed by atoms with Crippen LogP contribution >= 0.6 is 11.3 Å². The molecule has 0 radical (unpaired) electrons. The summed E-state index contributed by atoms with van der Waals surface area (Å²) in [5.41, 5.74) is 1.10. The number of carbonyl (C=O) groups excluding carboxylic acids is 2. The molecule has 1 aliphatic carbocycles. The molecule has 1 saturated carbocycles. The Kier molecular flexibility index (Phi) is 6.67. The number of ether oxygens (including phenoxy) is 2. The van der Waals surface area contributed by atoms with Gasteiger partial charge in [0.2, 0.25) is 0 Å². The largest absolute Gasteiger partial charge is 0.497 e. The Morgan fingerprint density at radius 2 is 1.93 bits per heavy atom. The third kappa shape index (κ3) is 4.90. The lowest BCUT2D eigenvalue weighted by molar-refractivity contribution is -0.130. The van der Waals surface area contributed by atoms with Crippen molar-refractivity contribution in [3.8, 4) is 16.3 Å². The summed E-state index contributed by atoms with van der Waals surface area (Å²) in [6.07, 6.45) is 3.57. The Morgan fingerprint density at radius 3 is 2.61 bits per heavy atom. The monoisotopic (exact) mass is 402 g/mol. The molecule has 1 aliphatic rings. The number of aromatic nitrogens is 1. The molecular weight excluding hydrogens is 376 g/mol. The van der Waals surface area contributed by atoms with Crippen molar-refractivity contribution in [2.24, 2.45) is 5.92 Å². The highest BCUT2D eigenvalue weighted by Gasteiger charge is 2.27. The quantitative estimate of drug-likeness (QED) is 0.738. The van der Waals surface area contributed by atoms with E-state index in [4.69, 9.17) is 9.47 Å². The minimum absolute atomic E-state index is 0.156. The fraction of sp³-hybridized carbons (Fsp3) is 0.476. The van der Waals surface area contributed by atoms with E-state index < -0.39 is 12.1 Å². The molecule has 0 saturated heterocycles. The Balaban J connectivity index is 1.58. The Hall–Kier alpha value is -2.41. The summed E-state index contributed by atoms with van der Waals surface area (Å²) in [5.74, 6) is 0.367. The van der Waals surface area contributed by atoms with E-state index >= 15 is 0 Å². The molecule has 3 rings (SSSR count). The molecule has 28 heavy (non-hydrogen) atoms. The fourth-order valence-electron chi connectivity index (χ4n) is 3.34. The van der Waals surface area contributed by atoms with Gasteiger partial charge in [0.1, 0.15) is 10.8 Å². The Morgan fingerprint density at radius 1 is 1.21 bits per heavy atom. The number of hydrogen-bond acceptors (Lipinski definition) is 6. The minimum atomic E-state index is -0.854. The second kappa shape index (κ2) is 9.19. The molecule has 6 nitrogen and oxygen atoms in total. The van der Waals surface area contributed by atoms with Crippen LogP contribution in [0.3, 0.4) is 0 Å². The van der Waals surface area contributed by atoms with Crippen LogP contribution < -0.4 is 10.1 Å². The van der Waals surface area contributed by atoms with Gasteiger partial charge < -0.3 is 14.8 Å². The van der Waals surface area contributed by atoms with Crippen LogP contribution in [0.1, 0.15) is 50.0 Å². The molecule has 1 fully saturated rings. The average molecular weight is 403 g/mol. The fourth-order valence-corrected chi connectivity index (χ4v) is 4.13. The molecule has 1 amide bonds. The van der Waals surface area contributed by atoms with Gasteiger partial charge in [0.15, 0.2) is 11.8 Å². The van der Waals surface area contributed by atoms with Crippen LogP contribution in [0, 0.1) is 5.92 Å². The van der Waals surface area contributed by atoms with Crippen molar-refractivity contribution in [2.45, 2.75) is 51.7 Å². The molecule has 1 aromatic heterocycles. The van der Waals surface area contributed by atoms with E-state index in [1.807, 2.05) is 24.3 Å². The van der Waals surface area contributed by atoms with Crippen LogP contribution in [-0.2, 0) is 9.53 Å². The van der Waals surface area contributed by atoms with Gasteiger partial charge in [0, 0.05) is 17.0 Å². The van der Waals surface area contributed by atoms with Gasteiger partial charge in [0.25, 0.3) is 5.91 Å². The zero-order valence-electron chi connectivity index (χ0n) is 16.4. The molecule has 150 valence electrons. The molecular formula is C21H26N2O4S. The van der Waals surface area contributed by atoms with Gasteiger partial charge in [0.05, 0.1) is 7.11 Å². The lowest BCUT2D eigenvalue weighted by Crippen LogP contribution is -2.46. The van der Waals surface area contributed by atoms with Gasteiger partial charge in [-0.3, -0.25) is 4.79 Å². The molecule has 3 atom stereocenters. The highest BCUT2D eigenvalue weighted by molar-refractivity contribution is 7.13. The number of methoxy groups -OCH3 is 1. The number of amides is 1. The van der Waals surface area contributed by atoms with Gasteiger partial charge in [-0.05, 0) is 49.9 Å². The topological polar surface area (TPSA) is 77.5 Å². The van der Waals surface area contributed by atoms with Crippen molar-refractivity contribution in [3.05, 3.63) is 35.3 Å². The van der Waals surface area contributed by atoms with Gasteiger partial charge in [-0.25, -0.2) is 9.78 Å². The lowest BCUT2D eigenvalue weighted by atomic mass is 9.86. The van der Waals surface area contributed by atoms with Crippen LogP contribution in [0.15, 0.2) is 29.6 Å². The number of esters is 1. The molecule has 1 heterocycles. The van der Waals surface area contributed by atoms with Crippen LogP contribution in [0.4, 0.5) is 0 Å². The van der Waals surface area contributed by atoms with Crippen molar-refractivity contribution in [1.82, 2.24) is 10.3 Å². The maximum Gasteiger partial charge on any atom is 0.358 e. The first-order valence-corrected chi connectivity index (χ1v) is 10.5.